The largest absolute Gasteiger partial charge is 0.462 e. The van der Waals surface area contributed by atoms with E-state index in [1.165, 1.54) is 83.5 Å². The summed E-state index contributed by atoms with van der Waals surface area (Å²) in [6, 6.07) is 0. The zero-order chi connectivity index (χ0) is 19.8. The number of ether oxygens (including phenoxy) is 2. The van der Waals surface area contributed by atoms with E-state index >= 15 is 0 Å². The van der Waals surface area contributed by atoms with Crippen LogP contribution in [0.15, 0.2) is 0 Å². The molecule has 2 atom stereocenters. The van der Waals surface area contributed by atoms with Gasteiger partial charge >= 0.3 is 5.97 Å². The molecule has 2 unspecified atom stereocenters. The van der Waals surface area contributed by atoms with Gasteiger partial charge in [0.05, 0.1) is 12.0 Å². The number of rotatable bonds is 9. The molecule has 28 heavy (non-hydrogen) atoms. The van der Waals surface area contributed by atoms with Crippen molar-refractivity contribution < 1.29 is 14.3 Å². The monoisotopic (exact) mass is 392 g/mol. The third kappa shape index (κ3) is 6.47. The van der Waals surface area contributed by atoms with E-state index in [0.29, 0.717) is 12.0 Å². The van der Waals surface area contributed by atoms with Gasteiger partial charge in [-0.15, -0.1) is 0 Å². The highest BCUT2D eigenvalue weighted by Crippen LogP contribution is 2.39. The molecule has 2 aliphatic carbocycles. The number of hydrogen-bond donors (Lipinski definition) is 0. The molecule has 2 saturated carbocycles. The average molecular weight is 393 g/mol. The van der Waals surface area contributed by atoms with Crippen LogP contribution < -0.4 is 0 Å². The highest BCUT2D eigenvalue weighted by molar-refractivity contribution is 5.73. The van der Waals surface area contributed by atoms with Crippen LogP contribution in [0.1, 0.15) is 110 Å². The van der Waals surface area contributed by atoms with E-state index in [1.54, 1.807) is 0 Å². The van der Waals surface area contributed by atoms with Crippen molar-refractivity contribution in [3.05, 3.63) is 0 Å². The maximum absolute atomic E-state index is 12.4. The van der Waals surface area contributed by atoms with Crippen molar-refractivity contribution in [2.75, 3.05) is 7.11 Å². The first kappa shape index (κ1) is 22.1. The standard InChI is InChI=1S/C25H44O3/c1-3-4-5-6-22-15-18-24(28-25(22)26)21-13-9-19(10-14-21)7-8-20-11-16-23(27-2)17-12-20/h19-24H,3-18H2,1-2H3. The van der Waals surface area contributed by atoms with Crippen LogP contribution in [0.2, 0.25) is 0 Å². The lowest BCUT2D eigenvalue weighted by molar-refractivity contribution is -0.165. The molecule has 1 aliphatic heterocycles. The van der Waals surface area contributed by atoms with Gasteiger partial charge in [0.1, 0.15) is 6.10 Å². The fourth-order valence-electron chi connectivity index (χ4n) is 6.00. The summed E-state index contributed by atoms with van der Waals surface area (Å²) >= 11 is 0. The van der Waals surface area contributed by atoms with Crippen LogP contribution in [-0.4, -0.2) is 25.3 Å². The van der Waals surface area contributed by atoms with Gasteiger partial charge in [0.15, 0.2) is 0 Å². The molecule has 3 heteroatoms. The second-order valence-electron chi connectivity index (χ2n) is 9.98. The molecule has 0 aromatic rings. The van der Waals surface area contributed by atoms with Crippen LogP contribution in [0.25, 0.3) is 0 Å². The van der Waals surface area contributed by atoms with Gasteiger partial charge in [-0.3, -0.25) is 4.79 Å². The molecule has 1 heterocycles. The molecule has 0 N–H and O–H groups in total. The molecule has 162 valence electrons. The number of unbranched alkanes of at least 4 members (excludes halogenated alkanes) is 2. The van der Waals surface area contributed by atoms with Gasteiger partial charge in [0.2, 0.25) is 0 Å². The lowest BCUT2D eigenvalue weighted by Gasteiger charge is -2.37. The van der Waals surface area contributed by atoms with Crippen molar-refractivity contribution in [1.82, 2.24) is 0 Å². The van der Waals surface area contributed by atoms with Crippen LogP contribution in [0.5, 0.6) is 0 Å². The average Bonchev–Trinajstić information content (AvgIpc) is 2.74. The molecule has 3 aliphatic rings. The van der Waals surface area contributed by atoms with E-state index in [-0.39, 0.29) is 18.0 Å². The van der Waals surface area contributed by atoms with Crippen molar-refractivity contribution in [2.45, 2.75) is 122 Å². The van der Waals surface area contributed by atoms with Crippen LogP contribution in [-0.2, 0) is 14.3 Å². The lowest BCUT2D eigenvalue weighted by Crippen LogP contribution is -2.37. The minimum Gasteiger partial charge on any atom is -0.462 e. The topological polar surface area (TPSA) is 35.5 Å². The summed E-state index contributed by atoms with van der Waals surface area (Å²) in [7, 11) is 1.86. The van der Waals surface area contributed by atoms with E-state index in [9.17, 15) is 4.79 Å². The Balaban J connectivity index is 1.31. The molecule has 0 amide bonds. The summed E-state index contributed by atoms with van der Waals surface area (Å²) < 4.78 is 11.4. The van der Waals surface area contributed by atoms with Crippen molar-refractivity contribution in [3.63, 3.8) is 0 Å². The maximum atomic E-state index is 12.4. The zero-order valence-corrected chi connectivity index (χ0v) is 18.5. The second-order valence-corrected chi connectivity index (χ2v) is 9.98. The molecule has 3 fully saturated rings. The minimum absolute atomic E-state index is 0.112. The number of methoxy groups -OCH3 is 1. The second kappa shape index (κ2) is 11.6. The number of cyclic esters (lactones) is 1. The Bertz CT molecular complexity index is 447. The maximum Gasteiger partial charge on any atom is 0.309 e. The molecule has 0 radical (unpaired) electrons. The Hall–Kier alpha value is -0.570. The Labute approximate surface area is 173 Å². The molecule has 0 aromatic carbocycles. The molecule has 0 spiro atoms. The Morgan fingerprint density at radius 3 is 2.04 bits per heavy atom. The van der Waals surface area contributed by atoms with E-state index in [0.717, 1.165) is 31.1 Å². The third-order valence-electron chi connectivity index (χ3n) is 8.08. The highest BCUT2D eigenvalue weighted by atomic mass is 16.5. The molecule has 3 nitrogen and oxygen atoms in total. The van der Waals surface area contributed by atoms with Gasteiger partial charge in [-0.2, -0.15) is 0 Å². The Morgan fingerprint density at radius 1 is 0.821 bits per heavy atom. The molecular weight excluding hydrogens is 348 g/mol. The number of carbonyl (C=O) groups excluding carboxylic acids is 1. The van der Waals surface area contributed by atoms with E-state index in [4.69, 9.17) is 9.47 Å². The van der Waals surface area contributed by atoms with E-state index in [2.05, 4.69) is 6.92 Å². The van der Waals surface area contributed by atoms with Crippen molar-refractivity contribution in [2.24, 2.45) is 23.7 Å². The number of esters is 1. The highest BCUT2D eigenvalue weighted by Gasteiger charge is 2.36. The molecule has 0 aromatic heterocycles. The van der Waals surface area contributed by atoms with Crippen molar-refractivity contribution >= 4 is 5.97 Å². The summed E-state index contributed by atoms with van der Waals surface area (Å²) in [6.45, 7) is 2.22. The fourth-order valence-corrected chi connectivity index (χ4v) is 6.00. The van der Waals surface area contributed by atoms with Gasteiger partial charge < -0.3 is 9.47 Å². The van der Waals surface area contributed by atoms with Crippen LogP contribution in [0.3, 0.4) is 0 Å². The first-order valence-electron chi connectivity index (χ1n) is 12.4. The summed E-state index contributed by atoms with van der Waals surface area (Å²) in [6.07, 6.45) is 21.0. The van der Waals surface area contributed by atoms with E-state index < -0.39 is 0 Å². The predicted molar refractivity (Wildman–Crippen MR) is 114 cm³/mol. The fraction of sp³-hybridized carbons (Fsp3) is 0.960. The van der Waals surface area contributed by atoms with Crippen molar-refractivity contribution in [1.29, 1.82) is 0 Å². The molecular formula is C25H44O3. The number of hydrogen-bond acceptors (Lipinski definition) is 3. The Morgan fingerprint density at radius 2 is 1.46 bits per heavy atom. The zero-order valence-electron chi connectivity index (χ0n) is 18.5. The van der Waals surface area contributed by atoms with Crippen LogP contribution >= 0.6 is 0 Å². The molecule has 0 bridgehead atoms. The van der Waals surface area contributed by atoms with Gasteiger partial charge in [-0.05, 0) is 75.5 Å². The summed E-state index contributed by atoms with van der Waals surface area (Å²) in [5.41, 5.74) is 0. The van der Waals surface area contributed by atoms with Crippen LogP contribution in [0.4, 0.5) is 0 Å². The summed E-state index contributed by atoms with van der Waals surface area (Å²) in [5, 5.41) is 0. The first-order valence-corrected chi connectivity index (χ1v) is 12.4. The SMILES string of the molecule is CCCCCC1CCC(C2CCC(CCC3CCC(OC)CC3)CC2)OC1=O. The van der Waals surface area contributed by atoms with Gasteiger partial charge in [-0.1, -0.05) is 51.9 Å². The van der Waals surface area contributed by atoms with E-state index in [1.807, 2.05) is 7.11 Å². The van der Waals surface area contributed by atoms with Crippen LogP contribution in [0, 0.1) is 23.7 Å². The predicted octanol–water partition coefficient (Wildman–Crippen LogP) is 6.68. The lowest BCUT2D eigenvalue weighted by atomic mass is 9.74. The summed E-state index contributed by atoms with van der Waals surface area (Å²) in [4.78, 5) is 12.4. The number of carbonyl (C=O) groups is 1. The molecule has 1 saturated heterocycles. The van der Waals surface area contributed by atoms with Crippen molar-refractivity contribution in [3.8, 4) is 0 Å². The smallest absolute Gasteiger partial charge is 0.309 e. The normalized spacial score (nSPS) is 36.9. The van der Waals surface area contributed by atoms with Gasteiger partial charge in [0, 0.05) is 7.11 Å². The Kier molecular flexibility index (Phi) is 9.14. The minimum atomic E-state index is 0.112. The summed E-state index contributed by atoms with van der Waals surface area (Å²) in [5.74, 6) is 2.79. The third-order valence-corrected chi connectivity index (χ3v) is 8.08. The quantitative estimate of drug-likeness (QED) is 0.324. The first-order chi connectivity index (χ1) is 13.7. The van der Waals surface area contributed by atoms with Gasteiger partial charge in [-0.25, -0.2) is 0 Å². The van der Waals surface area contributed by atoms with Gasteiger partial charge in [0.25, 0.3) is 0 Å². The molecule has 3 rings (SSSR count).